The van der Waals surface area contributed by atoms with Gasteiger partial charge in [0.05, 0.1) is 11.5 Å². The van der Waals surface area contributed by atoms with Gasteiger partial charge in [0.2, 0.25) is 0 Å². The standard InChI is InChI=1S/C4H4F6S/c5-3(6,7)1-11-2-4(8,9)10/h1-2H2. The number of halogens is 6. The Hall–Kier alpha value is -0.0700. The van der Waals surface area contributed by atoms with Gasteiger partial charge >= 0.3 is 12.4 Å². The molecule has 0 amide bonds. The smallest absolute Gasteiger partial charge is 0.170 e. The van der Waals surface area contributed by atoms with Crippen LogP contribution in [0.25, 0.3) is 0 Å². The van der Waals surface area contributed by atoms with Crippen molar-refractivity contribution in [2.75, 3.05) is 11.5 Å². The second kappa shape index (κ2) is 3.55. The molecule has 0 atom stereocenters. The van der Waals surface area contributed by atoms with Gasteiger partial charge in [-0.25, -0.2) is 0 Å². The van der Waals surface area contributed by atoms with Crippen molar-refractivity contribution in [3.63, 3.8) is 0 Å². The minimum absolute atomic E-state index is 0.183. The van der Waals surface area contributed by atoms with E-state index in [1.807, 2.05) is 0 Å². The average Bonchev–Trinajstić information content (AvgIpc) is 1.55. The van der Waals surface area contributed by atoms with Gasteiger partial charge in [0.25, 0.3) is 0 Å². The summed E-state index contributed by atoms with van der Waals surface area (Å²) >= 11 is -0.183. The largest absolute Gasteiger partial charge is 0.397 e. The van der Waals surface area contributed by atoms with Crippen LogP contribution in [-0.2, 0) is 0 Å². The molecule has 11 heavy (non-hydrogen) atoms. The molecule has 0 nitrogen and oxygen atoms in total. The lowest BCUT2D eigenvalue weighted by molar-refractivity contribution is -0.109. The Balaban J connectivity index is 3.44. The Kier molecular flexibility index (Phi) is 3.53. The molecule has 0 unspecified atom stereocenters. The highest BCUT2D eigenvalue weighted by Gasteiger charge is 2.32. The summed E-state index contributed by atoms with van der Waals surface area (Å²) in [5.41, 5.74) is 0. The molecule has 0 aliphatic heterocycles. The third-order valence-corrected chi connectivity index (χ3v) is 1.59. The number of thioether (sulfide) groups is 1. The molecule has 0 fully saturated rings. The summed E-state index contributed by atoms with van der Waals surface area (Å²) in [6, 6.07) is 0. The quantitative estimate of drug-likeness (QED) is 0.615. The summed E-state index contributed by atoms with van der Waals surface area (Å²) in [6.07, 6.45) is -9.04. The van der Waals surface area contributed by atoms with Gasteiger partial charge < -0.3 is 0 Å². The number of rotatable bonds is 2. The maximum atomic E-state index is 11.2. The summed E-state index contributed by atoms with van der Waals surface area (Å²) in [7, 11) is 0. The molecule has 0 heterocycles. The van der Waals surface area contributed by atoms with Crippen molar-refractivity contribution in [2.45, 2.75) is 12.4 Å². The highest BCUT2D eigenvalue weighted by molar-refractivity contribution is 7.99. The van der Waals surface area contributed by atoms with E-state index in [9.17, 15) is 26.3 Å². The molecule has 0 spiro atoms. The first-order chi connectivity index (χ1) is 4.71. The van der Waals surface area contributed by atoms with E-state index >= 15 is 0 Å². The van der Waals surface area contributed by atoms with Crippen LogP contribution >= 0.6 is 11.8 Å². The van der Waals surface area contributed by atoms with Crippen LogP contribution in [0.5, 0.6) is 0 Å². The van der Waals surface area contributed by atoms with Crippen LogP contribution in [0.4, 0.5) is 26.3 Å². The molecule has 0 aromatic heterocycles. The van der Waals surface area contributed by atoms with Crippen LogP contribution in [-0.4, -0.2) is 23.9 Å². The molecule has 68 valence electrons. The lowest BCUT2D eigenvalue weighted by atomic mass is 10.8. The van der Waals surface area contributed by atoms with Crippen LogP contribution in [0.3, 0.4) is 0 Å². The maximum Gasteiger partial charge on any atom is 0.397 e. The molecular formula is C4H4F6S. The molecule has 0 aliphatic carbocycles. The summed E-state index contributed by atoms with van der Waals surface area (Å²) in [5.74, 6) is -2.90. The predicted octanol–water partition coefficient (Wildman–Crippen LogP) is 2.84. The Labute approximate surface area is 63.0 Å². The van der Waals surface area contributed by atoms with Gasteiger partial charge in [-0.1, -0.05) is 0 Å². The molecule has 0 radical (unpaired) electrons. The first-order valence-corrected chi connectivity index (χ1v) is 3.57. The van der Waals surface area contributed by atoms with Gasteiger partial charge in [-0.05, 0) is 0 Å². The van der Waals surface area contributed by atoms with Gasteiger partial charge in [0.15, 0.2) is 0 Å². The second-order valence-corrected chi connectivity index (χ2v) is 2.71. The summed E-state index contributed by atoms with van der Waals surface area (Å²) in [6.45, 7) is 0. The molecule has 0 rings (SSSR count). The highest BCUT2D eigenvalue weighted by atomic mass is 32.2. The van der Waals surface area contributed by atoms with Gasteiger partial charge in [-0.3, -0.25) is 0 Å². The monoisotopic (exact) mass is 198 g/mol. The third kappa shape index (κ3) is 9.93. The van der Waals surface area contributed by atoms with Crippen LogP contribution in [0.15, 0.2) is 0 Å². The molecule has 0 aromatic rings. The fraction of sp³-hybridized carbons (Fsp3) is 1.00. The van der Waals surface area contributed by atoms with Gasteiger partial charge in [-0.2, -0.15) is 26.3 Å². The van der Waals surface area contributed by atoms with E-state index in [2.05, 4.69) is 0 Å². The fourth-order valence-electron chi connectivity index (χ4n) is 0.282. The first kappa shape index (κ1) is 10.9. The summed E-state index contributed by atoms with van der Waals surface area (Å²) in [4.78, 5) is 0. The maximum absolute atomic E-state index is 11.2. The van der Waals surface area contributed by atoms with Crippen molar-refractivity contribution in [3.05, 3.63) is 0 Å². The average molecular weight is 198 g/mol. The molecule has 7 heteroatoms. The molecule has 0 saturated heterocycles. The van der Waals surface area contributed by atoms with Crippen molar-refractivity contribution in [2.24, 2.45) is 0 Å². The topological polar surface area (TPSA) is 0 Å². The second-order valence-electron chi connectivity index (χ2n) is 1.72. The predicted molar refractivity (Wildman–Crippen MR) is 29.4 cm³/mol. The lowest BCUT2D eigenvalue weighted by Crippen LogP contribution is -2.16. The minimum Gasteiger partial charge on any atom is -0.170 e. The number of hydrogen-bond acceptors (Lipinski definition) is 1. The SMILES string of the molecule is FC(F)(F)CSCC(F)(F)F. The Morgan fingerprint density at radius 2 is 1.00 bits per heavy atom. The van der Waals surface area contributed by atoms with E-state index in [0.717, 1.165) is 0 Å². The zero-order chi connectivity index (χ0) is 9.12. The lowest BCUT2D eigenvalue weighted by Gasteiger charge is -2.07. The zero-order valence-electron chi connectivity index (χ0n) is 5.09. The van der Waals surface area contributed by atoms with E-state index in [1.165, 1.54) is 0 Å². The van der Waals surface area contributed by atoms with Gasteiger partial charge in [0, 0.05) is 0 Å². The molecule has 0 aliphatic rings. The Morgan fingerprint density at radius 3 is 1.18 bits per heavy atom. The molecule has 0 bridgehead atoms. The van der Waals surface area contributed by atoms with Crippen molar-refractivity contribution < 1.29 is 26.3 Å². The van der Waals surface area contributed by atoms with Crippen molar-refractivity contribution in [1.29, 1.82) is 0 Å². The zero-order valence-corrected chi connectivity index (χ0v) is 5.91. The number of alkyl halides is 6. The first-order valence-electron chi connectivity index (χ1n) is 2.42. The van der Waals surface area contributed by atoms with E-state index in [1.54, 1.807) is 0 Å². The third-order valence-electron chi connectivity index (χ3n) is 0.531. The van der Waals surface area contributed by atoms with Gasteiger partial charge in [-0.15, -0.1) is 11.8 Å². The van der Waals surface area contributed by atoms with Crippen LogP contribution in [0.1, 0.15) is 0 Å². The molecule has 0 saturated carbocycles. The molecule has 0 N–H and O–H groups in total. The van der Waals surface area contributed by atoms with E-state index < -0.39 is 23.9 Å². The van der Waals surface area contributed by atoms with Gasteiger partial charge in [0.1, 0.15) is 0 Å². The fourth-order valence-corrected chi connectivity index (χ4v) is 0.847. The minimum atomic E-state index is -4.52. The van der Waals surface area contributed by atoms with Crippen molar-refractivity contribution in [3.8, 4) is 0 Å². The highest BCUT2D eigenvalue weighted by Crippen LogP contribution is 2.26. The molecule has 0 aromatic carbocycles. The Bertz CT molecular complexity index is 98.7. The van der Waals surface area contributed by atoms with Crippen molar-refractivity contribution in [1.82, 2.24) is 0 Å². The van der Waals surface area contributed by atoms with E-state index in [4.69, 9.17) is 0 Å². The Morgan fingerprint density at radius 1 is 0.727 bits per heavy atom. The van der Waals surface area contributed by atoms with E-state index in [-0.39, 0.29) is 11.8 Å². The van der Waals surface area contributed by atoms with Crippen LogP contribution < -0.4 is 0 Å². The van der Waals surface area contributed by atoms with Crippen molar-refractivity contribution >= 4 is 11.8 Å². The summed E-state index contributed by atoms with van der Waals surface area (Å²) in [5, 5.41) is 0. The normalized spacial score (nSPS) is 13.6. The van der Waals surface area contributed by atoms with Crippen LogP contribution in [0.2, 0.25) is 0 Å². The van der Waals surface area contributed by atoms with Crippen LogP contribution in [0, 0.1) is 0 Å². The molecular weight excluding hydrogens is 194 g/mol. The summed E-state index contributed by atoms with van der Waals surface area (Å²) < 4.78 is 67.5. The van der Waals surface area contributed by atoms with E-state index in [0.29, 0.717) is 0 Å². The number of hydrogen-bond donors (Lipinski definition) is 0.